The first-order valence-electron chi connectivity index (χ1n) is 8.38. The van der Waals surface area contributed by atoms with Crippen molar-refractivity contribution >= 4 is 29.4 Å². The standard InChI is InChI=1S/C21H19FN4O.CH4/c22-18-9-10-20(19(23)13-18)25-21(27)11-8-17-14-24-26(15-17)12-4-7-16-5-2-1-3-6-16;/h1-11,13-15H,12,23H2,(H,25,27);1H4/b7-4+,11-8+;. The quantitative estimate of drug-likeness (QED) is 0.486. The number of nitrogens with zero attached hydrogens (tertiary/aromatic N) is 2. The molecule has 1 amide bonds. The summed E-state index contributed by atoms with van der Waals surface area (Å²) in [6, 6.07) is 13.8. The molecule has 1 aromatic heterocycles. The maximum Gasteiger partial charge on any atom is 0.248 e. The zero-order valence-corrected chi connectivity index (χ0v) is 14.5. The van der Waals surface area contributed by atoms with E-state index in [0.717, 1.165) is 17.2 Å². The number of allylic oxidation sites excluding steroid dienone is 1. The van der Waals surface area contributed by atoms with Gasteiger partial charge in [0.1, 0.15) is 5.82 Å². The Hall–Kier alpha value is -3.67. The summed E-state index contributed by atoms with van der Waals surface area (Å²) >= 11 is 0. The molecule has 0 saturated heterocycles. The third kappa shape index (κ3) is 5.95. The van der Waals surface area contributed by atoms with Crippen molar-refractivity contribution < 1.29 is 9.18 Å². The number of carbonyl (C=O) groups excluding carboxylic acids is 1. The monoisotopic (exact) mass is 378 g/mol. The Morgan fingerprint density at radius 1 is 1.14 bits per heavy atom. The van der Waals surface area contributed by atoms with Crippen molar-refractivity contribution in [2.45, 2.75) is 14.0 Å². The van der Waals surface area contributed by atoms with Crippen LogP contribution in [0.4, 0.5) is 15.8 Å². The van der Waals surface area contributed by atoms with Crippen LogP contribution in [0.1, 0.15) is 18.6 Å². The topological polar surface area (TPSA) is 72.9 Å². The van der Waals surface area contributed by atoms with Crippen LogP contribution >= 0.6 is 0 Å². The molecule has 0 unspecified atom stereocenters. The first kappa shape index (κ1) is 20.6. The normalized spacial score (nSPS) is 10.9. The largest absolute Gasteiger partial charge is 0.397 e. The molecule has 5 nitrogen and oxygen atoms in total. The van der Waals surface area contributed by atoms with Gasteiger partial charge in [0.05, 0.1) is 24.1 Å². The number of nitrogen functional groups attached to an aromatic ring is 1. The second-order valence-corrected chi connectivity index (χ2v) is 5.86. The van der Waals surface area contributed by atoms with Crippen molar-refractivity contribution in [2.75, 3.05) is 11.1 Å². The number of amides is 1. The van der Waals surface area contributed by atoms with Crippen LogP contribution < -0.4 is 11.1 Å². The van der Waals surface area contributed by atoms with Gasteiger partial charge in [-0.2, -0.15) is 5.10 Å². The number of carbonyl (C=O) groups is 1. The zero-order valence-electron chi connectivity index (χ0n) is 14.5. The van der Waals surface area contributed by atoms with E-state index < -0.39 is 5.82 Å². The molecule has 0 spiro atoms. The Morgan fingerprint density at radius 2 is 1.93 bits per heavy atom. The van der Waals surface area contributed by atoms with Crippen LogP contribution in [0.15, 0.2) is 73.1 Å². The van der Waals surface area contributed by atoms with E-state index in [-0.39, 0.29) is 19.0 Å². The summed E-state index contributed by atoms with van der Waals surface area (Å²) in [5.41, 5.74) is 8.14. The van der Waals surface area contributed by atoms with Crippen molar-refractivity contribution in [1.82, 2.24) is 9.78 Å². The molecule has 3 N–H and O–H groups in total. The predicted molar refractivity (Wildman–Crippen MR) is 113 cm³/mol. The fourth-order valence-electron chi connectivity index (χ4n) is 2.42. The van der Waals surface area contributed by atoms with Gasteiger partial charge in [0, 0.05) is 17.8 Å². The van der Waals surface area contributed by atoms with Gasteiger partial charge in [0.2, 0.25) is 5.91 Å². The summed E-state index contributed by atoms with van der Waals surface area (Å²) in [4.78, 5) is 12.0. The molecule has 28 heavy (non-hydrogen) atoms. The highest BCUT2D eigenvalue weighted by molar-refractivity contribution is 6.03. The smallest absolute Gasteiger partial charge is 0.248 e. The number of nitrogens with two attached hydrogens (primary N) is 1. The van der Waals surface area contributed by atoms with E-state index >= 15 is 0 Å². The van der Waals surface area contributed by atoms with Crippen LogP contribution in [-0.2, 0) is 11.3 Å². The summed E-state index contributed by atoms with van der Waals surface area (Å²) in [5.74, 6) is -0.806. The van der Waals surface area contributed by atoms with E-state index in [1.165, 1.54) is 18.2 Å². The lowest BCUT2D eigenvalue weighted by atomic mass is 10.2. The van der Waals surface area contributed by atoms with Gasteiger partial charge < -0.3 is 11.1 Å². The molecule has 3 rings (SSSR count). The van der Waals surface area contributed by atoms with Gasteiger partial charge in [-0.15, -0.1) is 0 Å². The minimum Gasteiger partial charge on any atom is -0.397 e. The molecular weight excluding hydrogens is 355 g/mol. The van der Waals surface area contributed by atoms with Crippen LogP contribution in [0, 0.1) is 5.82 Å². The molecule has 0 aliphatic heterocycles. The lowest BCUT2D eigenvalue weighted by molar-refractivity contribution is -0.111. The van der Waals surface area contributed by atoms with E-state index in [0.29, 0.717) is 12.2 Å². The fourth-order valence-corrected chi connectivity index (χ4v) is 2.42. The number of hydrogen-bond donors (Lipinski definition) is 2. The third-order valence-corrected chi connectivity index (χ3v) is 3.75. The van der Waals surface area contributed by atoms with E-state index in [1.807, 2.05) is 48.7 Å². The van der Waals surface area contributed by atoms with Crippen LogP contribution in [-0.4, -0.2) is 15.7 Å². The maximum absolute atomic E-state index is 13.0. The highest BCUT2D eigenvalue weighted by atomic mass is 19.1. The molecular formula is C22H23FN4O. The average molecular weight is 378 g/mol. The summed E-state index contributed by atoms with van der Waals surface area (Å²) < 4.78 is 14.8. The number of anilines is 2. The Morgan fingerprint density at radius 3 is 2.68 bits per heavy atom. The lowest BCUT2D eigenvalue weighted by Gasteiger charge is -2.05. The van der Waals surface area contributed by atoms with Crippen LogP contribution in [0.2, 0.25) is 0 Å². The van der Waals surface area contributed by atoms with Gasteiger partial charge in [0.25, 0.3) is 0 Å². The predicted octanol–water partition coefficient (Wildman–Crippen LogP) is 4.61. The molecule has 0 fully saturated rings. The molecule has 144 valence electrons. The maximum atomic E-state index is 13.0. The number of hydrogen-bond acceptors (Lipinski definition) is 3. The van der Waals surface area contributed by atoms with Gasteiger partial charge in [0.15, 0.2) is 0 Å². The van der Waals surface area contributed by atoms with Gasteiger partial charge in [-0.3, -0.25) is 9.48 Å². The average Bonchev–Trinajstić information content (AvgIpc) is 3.11. The minimum atomic E-state index is -0.449. The molecule has 0 aliphatic rings. The minimum absolute atomic E-state index is 0. The molecule has 6 heteroatoms. The number of nitrogens with one attached hydrogen (secondary N) is 1. The van der Waals surface area contributed by atoms with E-state index in [2.05, 4.69) is 10.4 Å². The van der Waals surface area contributed by atoms with Crippen molar-refractivity contribution in [2.24, 2.45) is 0 Å². The molecule has 0 bridgehead atoms. The first-order chi connectivity index (χ1) is 13.1. The highest BCUT2D eigenvalue weighted by Crippen LogP contribution is 2.19. The highest BCUT2D eigenvalue weighted by Gasteiger charge is 2.03. The molecule has 0 aliphatic carbocycles. The molecule has 0 saturated carbocycles. The zero-order chi connectivity index (χ0) is 19.1. The summed E-state index contributed by atoms with van der Waals surface area (Å²) in [5, 5.41) is 6.87. The van der Waals surface area contributed by atoms with Crippen LogP contribution in [0.5, 0.6) is 0 Å². The lowest BCUT2D eigenvalue weighted by Crippen LogP contribution is -2.09. The molecule has 0 atom stereocenters. The number of aromatic nitrogens is 2. The number of halogens is 1. The molecule has 3 aromatic rings. The Balaban J connectivity index is 0.00000280. The molecule has 0 radical (unpaired) electrons. The van der Waals surface area contributed by atoms with Gasteiger partial charge >= 0.3 is 0 Å². The first-order valence-corrected chi connectivity index (χ1v) is 8.38. The van der Waals surface area contributed by atoms with Crippen LogP contribution in [0.3, 0.4) is 0 Å². The fraction of sp³-hybridized carbons (Fsp3) is 0.0909. The Bertz CT molecular complexity index is 977. The second kappa shape index (κ2) is 9.87. The number of benzene rings is 2. The van der Waals surface area contributed by atoms with Gasteiger partial charge in [-0.25, -0.2) is 4.39 Å². The van der Waals surface area contributed by atoms with E-state index in [1.54, 1.807) is 17.0 Å². The van der Waals surface area contributed by atoms with E-state index in [9.17, 15) is 9.18 Å². The van der Waals surface area contributed by atoms with Crippen molar-refractivity contribution in [3.8, 4) is 0 Å². The SMILES string of the molecule is C.Nc1cc(F)ccc1NC(=O)/C=C/c1cnn(C/C=C/c2ccccc2)c1. The van der Waals surface area contributed by atoms with Crippen molar-refractivity contribution in [1.29, 1.82) is 0 Å². The molecule has 1 heterocycles. The second-order valence-electron chi connectivity index (χ2n) is 5.86. The summed E-state index contributed by atoms with van der Waals surface area (Å²) in [6.07, 6.45) is 10.6. The summed E-state index contributed by atoms with van der Waals surface area (Å²) in [7, 11) is 0. The van der Waals surface area contributed by atoms with Gasteiger partial charge in [-0.1, -0.05) is 49.9 Å². The number of rotatable bonds is 6. The van der Waals surface area contributed by atoms with Crippen LogP contribution in [0.25, 0.3) is 12.2 Å². The van der Waals surface area contributed by atoms with Gasteiger partial charge in [-0.05, 0) is 29.8 Å². The van der Waals surface area contributed by atoms with Crippen molar-refractivity contribution in [3.63, 3.8) is 0 Å². The summed E-state index contributed by atoms with van der Waals surface area (Å²) in [6.45, 7) is 0.626. The molecule has 2 aromatic carbocycles. The Labute approximate surface area is 164 Å². The van der Waals surface area contributed by atoms with Crippen molar-refractivity contribution in [3.05, 3.63) is 90.0 Å². The Kier molecular flexibility index (Phi) is 7.28. The van der Waals surface area contributed by atoms with E-state index in [4.69, 9.17) is 5.73 Å². The third-order valence-electron chi connectivity index (χ3n) is 3.75.